The standard InChI is InChI=1S/C13H11BF3NO5/c15-13(16,17)12(11(21)8-4-2-1-3-5-8)14-22-9(19)6-18-7-10(20)23-14/h1-5,12,18H,6-7H2. The molecule has 1 fully saturated rings. The van der Waals surface area contributed by atoms with Crippen molar-refractivity contribution in [3.63, 3.8) is 0 Å². The lowest BCUT2D eigenvalue weighted by atomic mass is 9.67. The van der Waals surface area contributed by atoms with Crippen molar-refractivity contribution in [2.24, 2.45) is 0 Å². The molecule has 0 bridgehead atoms. The van der Waals surface area contributed by atoms with Crippen molar-refractivity contribution in [1.29, 1.82) is 0 Å². The molecule has 2 rings (SSSR count). The van der Waals surface area contributed by atoms with Crippen LogP contribution in [0.3, 0.4) is 0 Å². The van der Waals surface area contributed by atoms with Crippen LogP contribution in [-0.4, -0.2) is 44.1 Å². The summed E-state index contributed by atoms with van der Waals surface area (Å²) in [6.07, 6.45) is -5.06. The van der Waals surface area contributed by atoms with E-state index in [0.717, 1.165) is 0 Å². The Morgan fingerprint density at radius 3 is 2.09 bits per heavy atom. The van der Waals surface area contributed by atoms with Crippen LogP contribution < -0.4 is 5.32 Å². The number of hydrogen-bond acceptors (Lipinski definition) is 6. The second-order valence-corrected chi connectivity index (χ2v) is 4.70. The van der Waals surface area contributed by atoms with Crippen LogP contribution >= 0.6 is 0 Å². The van der Waals surface area contributed by atoms with E-state index >= 15 is 0 Å². The summed E-state index contributed by atoms with van der Waals surface area (Å²) < 4.78 is 48.9. The smallest absolute Gasteiger partial charge is 0.498 e. The number of benzene rings is 1. The lowest BCUT2D eigenvalue weighted by Gasteiger charge is -2.25. The zero-order chi connectivity index (χ0) is 17.0. The number of carbonyl (C=O) groups is 3. The van der Waals surface area contributed by atoms with Gasteiger partial charge in [-0.05, 0) is 0 Å². The van der Waals surface area contributed by atoms with E-state index in [9.17, 15) is 27.6 Å². The quantitative estimate of drug-likeness (QED) is 0.658. The van der Waals surface area contributed by atoms with Crippen LogP contribution in [-0.2, 0) is 18.9 Å². The number of hydrogen-bond donors (Lipinski definition) is 1. The van der Waals surface area contributed by atoms with Crippen molar-refractivity contribution in [2.45, 2.75) is 12.0 Å². The third-order valence-corrected chi connectivity index (χ3v) is 3.00. The minimum atomic E-state index is -5.06. The lowest BCUT2D eigenvalue weighted by molar-refractivity contribution is -0.147. The van der Waals surface area contributed by atoms with E-state index in [1.165, 1.54) is 30.3 Å². The molecule has 1 aliphatic heterocycles. The van der Waals surface area contributed by atoms with E-state index in [1.807, 2.05) is 0 Å². The Hall–Kier alpha value is -2.36. The molecular formula is C13H11BF3NO5. The molecule has 6 nitrogen and oxygen atoms in total. The van der Waals surface area contributed by atoms with Gasteiger partial charge in [0.05, 0.1) is 13.1 Å². The first kappa shape index (κ1) is 17.0. The summed E-state index contributed by atoms with van der Waals surface area (Å²) in [4.78, 5) is 35.0. The molecule has 1 heterocycles. The SMILES string of the molecule is O=C1CNCC(=O)OB(C(C(=O)c2ccccc2)C(F)(F)F)O1. The van der Waals surface area contributed by atoms with Gasteiger partial charge in [-0.2, -0.15) is 13.2 Å². The van der Waals surface area contributed by atoms with Gasteiger partial charge in [-0.1, -0.05) is 30.3 Å². The minimum absolute atomic E-state index is 0.234. The van der Waals surface area contributed by atoms with E-state index in [2.05, 4.69) is 14.6 Å². The summed E-state index contributed by atoms with van der Waals surface area (Å²) in [5.74, 6) is -6.26. The number of alkyl halides is 3. The van der Waals surface area contributed by atoms with E-state index in [4.69, 9.17) is 0 Å². The highest BCUT2D eigenvalue weighted by molar-refractivity contribution is 6.57. The molecular weight excluding hydrogens is 318 g/mol. The summed E-state index contributed by atoms with van der Waals surface area (Å²) in [6.45, 7) is -0.925. The Kier molecular flexibility index (Phi) is 5.04. The Balaban J connectivity index is 2.35. The summed E-state index contributed by atoms with van der Waals surface area (Å²) in [5, 5.41) is 2.33. The molecule has 23 heavy (non-hydrogen) atoms. The van der Waals surface area contributed by atoms with Crippen molar-refractivity contribution >= 4 is 24.8 Å². The first-order valence-electron chi connectivity index (χ1n) is 6.54. The molecule has 0 amide bonds. The van der Waals surface area contributed by atoms with E-state index in [-0.39, 0.29) is 5.56 Å². The summed E-state index contributed by atoms with van der Waals surface area (Å²) in [6, 6.07) is 6.69. The second kappa shape index (κ2) is 6.82. The molecule has 1 N–H and O–H groups in total. The molecule has 1 aromatic rings. The molecule has 0 spiro atoms. The molecule has 122 valence electrons. The van der Waals surface area contributed by atoms with Gasteiger partial charge in [0.25, 0.3) is 0 Å². The molecule has 0 saturated carbocycles. The monoisotopic (exact) mass is 329 g/mol. The molecule has 1 aliphatic rings. The number of rotatable bonds is 3. The van der Waals surface area contributed by atoms with Crippen molar-refractivity contribution in [3.05, 3.63) is 35.9 Å². The fourth-order valence-electron chi connectivity index (χ4n) is 1.98. The number of halogens is 3. The number of Topliss-reactive ketones (excluding diaryl/α,β-unsaturated/α-hetero) is 1. The summed E-state index contributed by atoms with van der Waals surface area (Å²) >= 11 is 0. The van der Waals surface area contributed by atoms with Gasteiger partial charge in [0.2, 0.25) is 0 Å². The van der Waals surface area contributed by atoms with Crippen LogP contribution in [0.4, 0.5) is 13.2 Å². The first-order chi connectivity index (χ1) is 10.8. The van der Waals surface area contributed by atoms with Gasteiger partial charge in [0.15, 0.2) is 11.6 Å². The second-order valence-electron chi connectivity index (χ2n) is 4.70. The predicted octanol–water partition coefficient (Wildman–Crippen LogP) is 0.980. The van der Waals surface area contributed by atoms with Gasteiger partial charge in [0, 0.05) is 5.56 Å². The maximum Gasteiger partial charge on any atom is 0.619 e. The molecule has 1 aromatic carbocycles. The number of nitrogens with one attached hydrogen (secondary N) is 1. The Bertz CT molecular complexity index is 589. The Labute approximate surface area is 129 Å². The molecule has 1 unspecified atom stereocenters. The third-order valence-electron chi connectivity index (χ3n) is 3.00. The fourth-order valence-corrected chi connectivity index (χ4v) is 1.98. The van der Waals surface area contributed by atoms with Crippen LogP contribution in [0.25, 0.3) is 0 Å². The van der Waals surface area contributed by atoms with Gasteiger partial charge in [-0.3, -0.25) is 19.7 Å². The third kappa shape index (κ3) is 4.32. The molecule has 0 radical (unpaired) electrons. The predicted molar refractivity (Wildman–Crippen MR) is 71.4 cm³/mol. The van der Waals surface area contributed by atoms with Crippen molar-refractivity contribution in [1.82, 2.24) is 5.32 Å². The molecule has 0 aliphatic carbocycles. The fraction of sp³-hybridized carbons (Fsp3) is 0.308. The molecule has 0 aromatic heterocycles. The minimum Gasteiger partial charge on any atom is -0.498 e. The topological polar surface area (TPSA) is 81.7 Å². The number of carbonyl (C=O) groups excluding carboxylic acids is 3. The summed E-state index contributed by atoms with van der Waals surface area (Å²) in [5.41, 5.74) is -0.234. The van der Waals surface area contributed by atoms with Crippen molar-refractivity contribution < 1.29 is 36.9 Å². The van der Waals surface area contributed by atoms with E-state index < -0.39 is 49.9 Å². The molecule has 1 atom stereocenters. The average molecular weight is 329 g/mol. The van der Waals surface area contributed by atoms with Gasteiger partial charge < -0.3 is 9.31 Å². The van der Waals surface area contributed by atoms with Crippen LogP contribution in [0, 0.1) is 0 Å². The lowest BCUT2D eigenvalue weighted by Crippen LogP contribution is -2.49. The highest BCUT2D eigenvalue weighted by atomic mass is 19.4. The highest BCUT2D eigenvalue weighted by Gasteiger charge is 2.58. The first-order valence-corrected chi connectivity index (χ1v) is 6.54. The van der Waals surface area contributed by atoms with Crippen LogP contribution in [0.5, 0.6) is 0 Å². The van der Waals surface area contributed by atoms with Crippen molar-refractivity contribution in [3.8, 4) is 0 Å². The summed E-state index contributed by atoms with van der Waals surface area (Å²) in [7, 11) is -2.36. The largest absolute Gasteiger partial charge is 0.619 e. The highest BCUT2D eigenvalue weighted by Crippen LogP contribution is 2.37. The maximum atomic E-state index is 13.3. The zero-order valence-corrected chi connectivity index (χ0v) is 11.6. The Morgan fingerprint density at radius 2 is 1.61 bits per heavy atom. The molecule has 10 heteroatoms. The van der Waals surface area contributed by atoms with Gasteiger partial charge >= 0.3 is 25.2 Å². The molecule has 1 saturated heterocycles. The number of ketones is 1. The van der Waals surface area contributed by atoms with Gasteiger partial charge in [-0.25, -0.2) is 0 Å². The Morgan fingerprint density at radius 1 is 1.09 bits per heavy atom. The average Bonchev–Trinajstić information content (AvgIpc) is 2.45. The zero-order valence-electron chi connectivity index (χ0n) is 11.6. The maximum absolute atomic E-state index is 13.3. The van der Waals surface area contributed by atoms with Gasteiger partial charge in [-0.15, -0.1) is 0 Å². The van der Waals surface area contributed by atoms with Crippen LogP contribution in [0.1, 0.15) is 10.4 Å². The normalized spacial score (nSPS) is 17.6. The van der Waals surface area contributed by atoms with Crippen molar-refractivity contribution in [2.75, 3.05) is 13.1 Å². The van der Waals surface area contributed by atoms with Crippen LogP contribution in [0.15, 0.2) is 30.3 Å². The van der Waals surface area contributed by atoms with Crippen LogP contribution in [0.2, 0.25) is 5.82 Å². The van der Waals surface area contributed by atoms with Gasteiger partial charge in [0.1, 0.15) is 0 Å². The van der Waals surface area contributed by atoms with E-state index in [0.29, 0.717) is 0 Å². The van der Waals surface area contributed by atoms with E-state index in [1.54, 1.807) is 0 Å².